The smallest absolute Gasteiger partial charge is 0.408 e. The van der Waals surface area contributed by atoms with Crippen molar-refractivity contribution in [2.45, 2.75) is 117 Å². The summed E-state index contributed by atoms with van der Waals surface area (Å²) >= 11 is 0. The second-order valence-corrected chi connectivity index (χ2v) is 14.3. The molecule has 1 aromatic rings. The number of ether oxygens (including phenoxy) is 2. The zero-order valence-corrected chi connectivity index (χ0v) is 26.9. The summed E-state index contributed by atoms with van der Waals surface area (Å²) in [6.07, 6.45) is 1.85. The van der Waals surface area contributed by atoms with Gasteiger partial charge >= 0.3 is 6.09 Å². The van der Waals surface area contributed by atoms with Crippen LogP contribution in [0.5, 0.6) is 5.88 Å². The third-order valence-electron chi connectivity index (χ3n) is 9.41. The number of Topliss-reactive ketones (excluding diaryl/α,β-unsaturated/α-hetero) is 1. The van der Waals surface area contributed by atoms with Gasteiger partial charge in [-0.3, -0.25) is 9.59 Å². The fraction of sp³-hybridized carbons (Fsp3) is 0.697. The number of nitrogens with zero attached hydrogens (tertiary/aromatic N) is 4. The summed E-state index contributed by atoms with van der Waals surface area (Å²) in [5, 5.41) is 12.2. The van der Waals surface area contributed by atoms with Crippen LogP contribution in [0.2, 0.25) is 0 Å². The number of ketones is 1. The summed E-state index contributed by atoms with van der Waals surface area (Å²) < 4.78 is 43.8. The van der Waals surface area contributed by atoms with Crippen LogP contribution >= 0.6 is 0 Å². The maximum absolute atomic E-state index is 15.9. The molecule has 2 fully saturated rings. The second kappa shape index (κ2) is 12.3. The molecule has 0 radical (unpaired) electrons. The van der Waals surface area contributed by atoms with Crippen molar-refractivity contribution in [2.24, 2.45) is 23.2 Å². The van der Waals surface area contributed by atoms with Gasteiger partial charge in [0.05, 0.1) is 30.0 Å². The first-order chi connectivity index (χ1) is 21.1. The normalized spacial score (nSPS) is 30.2. The molecule has 0 aromatic carbocycles. The summed E-state index contributed by atoms with van der Waals surface area (Å²) in [6, 6.07) is 0.170. The van der Waals surface area contributed by atoms with Crippen LogP contribution in [0.4, 0.5) is 13.6 Å². The minimum Gasteiger partial charge on any atom is -0.471 e. The Kier molecular flexibility index (Phi) is 8.95. The van der Waals surface area contributed by atoms with E-state index >= 15 is 8.78 Å². The molecule has 2 bridgehead atoms. The van der Waals surface area contributed by atoms with Crippen molar-refractivity contribution in [1.82, 2.24) is 20.2 Å². The number of amides is 2. The molecule has 0 spiro atoms. The third-order valence-corrected chi connectivity index (χ3v) is 9.41. The van der Waals surface area contributed by atoms with E-state index in [9.17, 15) is 19.6 Å². The molecule has 4 aliphatic rings. The number of nitrogens with one attached hydrogen (secondary N) is 1. The first-order valence-corrected chi connectivity index (χ1v) is 16.0. The van der Waals surface area contributed by atoms with Crippen molar-refractivity contribution in [2.75, 3.05) is 6.54 Å². The summed E-state index contributed by atoms with van der Waals surface area (Å²) in [4.78, 5) is 51.1. The quantitative estimate of drug-likeness (QED) is 0.464. The number of aromatic nitrogens is 2. The van der Waals surface area contributed by atoms with Gasteiger partial charge in [0.25, 0.3) is 5.92 Å². The molecule has 6 atom stereocenters. The van der Waals surface area contributed by atoms with Crippen LogP contribution in [-0.2, 0) is 26.7 Å². The summed E-state index contributed by atoms with van der Waals surface area (Å²) in [5.74, 6) is -5.33. The van der Waals surface area contributed by atoms with Crippen LogP contribution in [0.3, 0.4) is 0 Å². The minimum atomic E-state index is -3.36. The van der Waals surface area contributed by atoms with Crippen molar-refractivity contribution in [3.05, 3.63) is 22.7 Å². The van der Waals surface area contributed by atoms with Crippen LogP contribution in [-0.4, -0.2) is 63.5 Å². The molecule has 1 N–H and O–H groups in total. The summed E-state index contributed by atoms with van der Waals surface area (Å²) in [5.41, 5.74) is -0.151. The maximum atomic E-state index is 15.9. The number of allylic oxidation sites excluding steroid dienone is 1. The number of nitriles is 1. The topological polar surface area (TPSA) is 135 Å². The first-order valence-electron chi connectivity index (χ1n) is 16.0. The molecule has 1 saturated heterocycles. The number of hydrogen-bond acceptors (Lipinski definition) is 8. The van der Waals surface area contributed by atoms with Crippen LogP contribution < -0.4 is 10.1 Å². The molecule has 1 aromatic heterocycles. The van der Waals surface area contributed by atoms with E-state index in [0.29, 0.717) is 49.1 Å². The number of fused-ring (bicyclic) bond motifs is 5. The minimum absolute atomic E-state index is 0.0730. The maximum Gasteiger partial charge on any atom is 0.408 e. The average Bonchev–Trinajstić information content (AvgIpc) is 3.63. The van der Waals surface area contributed by atoms with E-state index < -0.39 is 65.5 Å². The Labute approximate surface area is 262 Å². The average molecular weight is 628 g/mol. The van der Waals surface area contributed by atoms with Crippen LogP contribution in [0.25, 0.3) is 6.08 Å². The number of alkyl carbamates (subject to hydrolysis) is 1. The summed E-state index contributed by atoms with van der Waals surface area (Å²) in [6.45, 7) is 10.6. The molecule has 10 nitrogen and oxygen atoms in total. The van der Waals surface area contributed by atoms with E-state index in [1.165, 1.54) is 4.90 Å². The number of aryl methyl sites for hydroxylation is 1. The Morgan fingerprint density at radius 2 is 1.89 bits per heavy atom. The van der Waals surface area contributed by atoms with Gasteiger partial charge in [-0.25, -0.2) is 14.8 Å². The highest BCUT2D eigenvalue weighted by molar-refractivity contribution is 5.94. The van der Waals surface area contributed by atoms with Crippen molar-refractivity contribution in [3.8, 4) is 11.9 Å². The van der Waals surface area contributed by atoms with Gasteiger partial charge < -0.3 is 19.7 Å². The van der Waals surface area contributed by atoms with Gasteiger partial charge in [-0.05, 0) is 49.5 Å². The van der Waals surface area contributed by atoms with E-state index in [0.717, 1.165) is 0 Å². The molecule has 12 heteroatoms. The molecule has 5 rings (SSSR count). The van der Waals surface area contributed by atoms with Gasteiger partial charge in [-0.15, -0.1) is 0 Å². The standard InChI is InChI=1S/C33H43F2N5O5/c1-17(2)26(41)25-18(3)24-16-40(25)30(42)28(32(4,5)6)39-31(43)45-23-14-20(23)9-7-8-12-33(34,35)27-29(44-24)38-22-13-19(15-36)10-11-21(22)37-27/h13,17-18,20,23-25,28H,7-12,14,16H2,1-6H3,(H,39,43). The monoisotopic (exact) mass is 627 g/mol. The Morgan fingerprint density at radius 3 is 2.56 bits per heavy atom. The molecule has 2 aliphatic carbocycles. The predicted octanol–water partition coefficient (Wildman–Crippen LogP) is 5.34. The Morgan fingerprint density at radius 1 is 1.16 bits per heavy atom. The molecule has 3 heterocycles. The molecule has 2 aliphatic heterocycles. The number of carbonyl (C=O) groups is 3. The van der Waals surface area contributed by atoms with Crippen LogP contribution in [0.1, 0.15) is 97.1 Å². The molecular formula is C33H43F2N5O5. The molecule has 2 amide bonds. The molecule has 244 valence electrons. The predicted molar refractivity (Wildman–Crippen MR) is 160 cm³/mol. The number of carbonyl (C=O) groups excluding carboxylic acids is 3. The molecular weight excluding hydrogens is 584 g/mol. The van der Waals surface area contributed by atoms with Crippen molar-refractivity contribution in [3.63, 3.8) is 0 Å². The Bertz CT molecular complexity index is 1430. The van der Waals surface area contributed by atoms with E-state index in [1.54, 1.807) is 26.8 Å². The fourth-order valence-corrected chi connectivity index (χ4v) is 6.54. The third kappa shape index (κ3) is 6.82. The van der Waals surface area contributed by atoms with Gasteiger partial charge in [0, 0.05) is 23.8 Å². The van der Waals surface area contributed by atoms with Gasteiger partial charge in [-0.1, -0.05) is 48.0 Å². The number of halogens is 2. The van der Waals surface area contributed by atoms with E-state index in [-0.39, 0.29) is 36.7 Å². The van der Waals surface area contributed by atoms with E-state index in [2.05, 4.69) is 21.4 Å². The molecule has 6 unspecified atom stereocenters. The highest BCUT2D eigenvalue weighted by Crippen LogP contribution is 2.43. The fourth-order valence-electron chi connectivity index (χ4n) is 6.54. The molecule has 45 heavy (non-hydrogen) atoms. The first kappa shape index (κ1) is 32.8. The highest BCUT2D eigenvalue weighted by Gasteiger charge is 2.51. The lowest BCUT2D eigenvalue weighted by atomic mass is 9.85. The molecule has 1 saturated carbocycles. The number of rotatable bonds is 2. The lowest BCUT2D eigenvalue weighted by molar-refractivity contribution is -0.143. The van der Waals surface area contributed by atoms with Crippen molar-refractivity contribution < 1.29 is 32.6 Å². The second-order valence-electron chi connectivity index (χ2n) is 14.3. The lowest BCUT2D eigenvalue weighted by Gasteiger charge is -2.35. The zero-order valence-electron chi connectivity index (χ0n) is 26.9. The van der Waals surface area contributed by atoms with Crippen molar-refractivity contribution in [1.29, 1.82) is 5.26 Å². The van der Waals surface area contributed by atoms with Gasteiger partial charge in [0.2, 0.25) is 11.8 Å². The van der Waals surface area contributed by atoms with Gasteiger partial charge in [0.1, 0.15) is 18.2 Å². The van der Waals surface area contributed by atoms with Crippen molar-refractivity contribution >= 4 is 23.9 Å². The zero-order chi connectivity index (χ0) is 32.8. The lowest BCUT2D eigenvalue weighted by Crippen LogP contribution is -2.57. The largest absolute Gasteiger partial charge is 0.471 e. The van der Waals surface area contributed by atoms with Gasteiger partial charge in [-0.2, -0.15) is 14.0 Å². The van der Waals surface area contributed by atoms with Crippen LogP contribution in [0, 0.1) is 34.5 Å². The van der Waals surface area contributed by atoms with E-state index in [4.69, 9.17) is 9.47 Å². The Hall–Kier alpha value is -3.62. The number of alkyl halides is 2. The van der Waals surface area contributed by atoms with Crippen LogP contribution in [0.15, 0.2) is 5.57 Å². The number of hydrogen-bond donors (Lipinski definition) is 1. The SMILES string of the molecule is CC(C)C(=O)C1C(C)C2CN1C(=O)C(C(C)(C)C)NC(=O)OC1CC1CCCCC(F)(F)c1nc3c(nc1O2)C=C(C#N)CC3. The highest BCUT2D eigenvalue weighted by atomic mass is 19.3. The summed E-state index contributed by atoms with van der Waals surface area (Å²) in [7, 11) is 0. The van der Waals surface area contributed by atoms with E-state index in [1.807, 2.05) is 20.8 Å². The van der Waals surface area contributed by atoms with Gasteiger partial charge in [0.15, 0.2) is 11.5 Å². The Balaban J connectivity index is 1.58.